The number of non-ortho nitro benzene ring substituents is 1. The van der Waals surface area contributed by atoms with Gasteiger partial charge in [-0.3, -0.25) is 30.6 Å². The number of nitro groups is 1. The van der Waals surface area contributed by atoms with Gasteiger partial charge in [0.05, 0.1) is 18.0 Å². The summed E-state index contributed by atoms with van der Waals surface area (Å²) in [6.07, 6.45) is 0.0117. The van der Waals surface area contributed by atoms with Crippen LogP contribution in [0.5, 0.6) is 5.75 Å². The molecule has 2 N–H and O–H groups in total. The van der Waals surface area contributed by atoms with E-state index >= 15 is 0 Å². The zero-order valence-electron chi connectivity index (χ0n) is 12.9. The van der Waals surface area contributed by atoms with E-state index in [1.165, 1.54) is 18.2 Å². The Morgan fingerprint density at radius 1 is 1.12 bits per heavy atom. The Kier molecular flexibility index (Phi) is 6.30. The Balaban J connectivity index is 1.75. The van der Waals surface area contributed by atoms with Crippen LogP contribution in [0.1, 0.15) is 16.8 Å². The Bertz CT molecular complexity index is 780. The van der Waals surface area contributed by atoms with E-state index in [0.717, 1.165) is 6.07 Å². The van der Waals surface area contributed by atoms with E-state index < -0.39 is 16.7 Å². The van der Waals surface area contributed by atoms with Gasteiger partial charge in [-0.15, -0.1) is 0 Å². The molecule has 130 valence electrons. The SMILES string of the molecule is O=C(CCOc1ccc(Cl)cc1)NNC(=O)c1cccc([N+](=O)[O-])c1. The van der Waals surface area contributed by atoms with Crippen molar-refractivity contribution in [2.24, 2.45) is 0 Å². The van der Waals surface area contributed by atoms with Gasteiger partial charge >= 0.3 is 0 Å². The molecule has 0 unspecified atom stereocenters. The van der Waals surface area contributed by atoms with E-state index in [4.69, 9.17) is 16.3 Å². The summed E-state index contributed by atoms with van der Waals surface area (Å²) in [6, 6.07) is 11.8. The first-order valence-electron chi connectivity index (χ1n) is 7.18. The fraction of sp³-hybridized carbons (Fsp3) is 0.125. The number of halogens is 1. The van der Waals surface area contributed by atoms with Crippen molar-refractivity contribution < 1.29 is 19.2 Å². The molecule has 2 rings (SSSR count). The maximum absolute atomic E-state index is 11.9. The first-order chi connectivity index (χ1) is 12.0. The number of amides is 2. The lowest BCUT2D eigenvalue weighted by atomic mass is 10.2. The van der Waals surface area contributed by atoms with Crippen molar-refractivity contribution in [3.8, 4) is 5.75 Å². The lowest BCUT2D eigenvalue weighted by Gasteiger charge is -2.08. The van der Waals surface area contributed by atoms with Gasteiger partial charge in [0.2, 0.25) is 5.91 Å². The minimum absolute atomic E-state index is 0.0117. The molecule has 0 radical (unpaired) electrons. The van der Waals surface area contributed by atoms with E-state index in [1.807, 2.05) is 0 Å². The van der Waals surface area contributed by atoms with E-state index in [9.17, 15) is 19.7 Å². The van der Waals surface area contributed by atoms with Crippen molar-refractivity contribution in [2.75, 3.05) is 6.61 Å². The standard InChI is InChI=1S/C16H14ClN3O5/c17-12-4-6-14(7-5-12)25-9-8-15(21)18-19-16(22)11-2-1-3-13(10-11)20(23)24/h1-7,10H,8-9H2,(H,18,21)(H,19,22). The summed E-state index contributed by atoms with van der Waals surface area (Å²) in [4.78, 5) is 33.6. The second-order valence-electron chi connectivity index (χ2n) is 4.86. The first-order valence-corrected chi connectivity index (χ1v) is 7.55. The zero-order chi connectivity index (χ0) is 18.2. The normalized spacial score (nSPS) is 9.96. The zero-order valence-corrected chi connectivity index (χ0v) is 13.7. The fourth-order valence-electron chi connectivity index (χ4n) is 1.81. The number of hydrazine groups is 1. The molecule has 2 aromatic rings. The Labute approximate surface area is 147 Å². The van der Waals surface area contributed by atoms with Crippen molar-refractivity contribution in [1.82, 2.24) is 10.9 Å². The molecule has 0 bridgehead atoms. The lowest BCUT2D eigenvalue weighted by molar-refractivity contribution is -0.384. The average molecular weight is 364 g/mol. The lowest BCUT2D eigenvalue weighted by Crippen LogP contribution is -2.42. The highest BCUT2D eigenvalue weighted by Crippen LogP contribution is 2.15. The number of ether oxygens (including phenoxy) is 1. The van der Waals surface area contributed by atoms with Crippen LogP contribution in [0.2, 0.25) is 5.02 Å². The molecule has 9 heteroatoms. The number of rotatable bonds is 6. The molecular formula is C16H14ClN3O5. The van der Waals surface area contributed by atoms with Crippen molar-refractivity contribution in [3.05, 3.63) is 69.2 Å². The van der Waals surface area contributed by atoms with Crippen LogP contribution in [-0.4, -0.2) is 23.3 Å². The topological polar surface area (TPSA) is 111 Å². The van der Waals surface area contributed by atoms with Crippen LogP contribution >= 0.6 is 11.6 Å². The van der Waals surface area contributed by atoms with Gasteiger partial charge in [0.15, 0.2) is 0 Å². The predicted molar refractivity (Wildman–Crippen MR) is 90.3 cm³/mol. The van der Waals surface area contributed by atoms with Crippen molar-refractivity contribution in [2.45, 2.75) is 6.42 Å². The van der Waals surface area contributed by atoms with Gasteiger partial charge < -0.3 is 4.74 Å². The number of hydrogen-bond donors (Lipinski definition) is 2. The van der Waals surface area contributed by atoms with Crippen LogP contribution in [-0.2, 0) is 4.79 Å². The molecule has 0 fully saturated rings. The van der Waals surface area contributed by atoms with Crippen LogP contribution < -0.4 is 15.6 Å². The Hall–Kier alpha value is -3.13. The van der Waals surface area contributed by atoms with Crippen LogP contribution in [0.15, 0.2) is 48.5 Å². The molecule has 2 amide bonds. The van der Waals surface area contributed by atoms with Gasteiger partial charge in [-0.05, 0) is 30.3 Å². The second kappa shape index (κ2) is 8.65. The smallest absolute Gasteiger partial charge is 0.270 e. The molecule has 0 aromatic heterocycles. The van der Waals surface area contributed by atoms with E-state index in [2.05, 4.69) is 10.9 Å². The Morgan fingerprint density at radius 2 is 1.84 bits per heavy atom. The molecule has 25 heavy (non-hydrogen) atoms. The molecule has 0 saturated heterocycles. The number of nitro benzene ring substituents is 1. The van der Waals surface area contributed by atoms with E-state index in [0.29, 0.717) is 10.8 Å². The van der Waals surface area contributed by atoms with Crippen molar-refractivity contribution >= 4 is 29.1 Å². The van der Waals surface area contributed by atoms with Gasteiger partial charge in [0.25, 0.3) is 11.6 Å². The van der Waals surface area contributed by atoms with Crippen LogP contribution in [0.3, 0.4) is 0 Å². The summed E-state index contributed by atoms with van der Waals surface area (Å²) in [5.41, 5.74) is 4.25. The number of hydrogen-bond acceptors (Lipinski definition) is 5. The highest BCUT2D eigenvalue weighted by molar-refractivity contribution is 6.30. The fourth-order valence-corrected chi connectivity index (χ4v) is 1.94. The summed E-state index contributed by atoms with van der Waals surface area (Å²) in [5.74, 6) is -0.554. The highest BCUT2D eigenvalue weighted by Gasteiger charge is 2.12. The molecule has 0 aliphatic rings. The monoisotopic (exact) mass is 363 g/mol. The first kappa shape index (κ1) is 18.2. The number of carbonyl (C=O) groups is 2. The minimum atomic E-state index is -0.657. The maximum atomic E-state index is 11.9. The molecule has 0 atom stereocenters. The summed E-state index contributed by atoms with van der Waals surface area (Å²) in [7, 11) is 0. The largest absolute Gasteiger partial charge is 0.493 e. The van der Waals surface area contributed by atoms with Gasteiger partial charge in [-0.1, -0.05) is 17.7 Å². The van der Waals surface area contributed by atoms with Crippen LogP contribution in [0.4, 0.5) is 5.69 Å². The Morgan fingerprint density at radius 3 is 2.52 bits per heavy atom. The summed E-state index contributed by atoms with van der Waals surface area (Å²) >= 11 is 5.75. The van der Waals surface area contributed by atoms with E-state index in [-0.39, 0.29) is 24.3 Å². The number of nitrogens with zero attached hydrogens (tertiary/aromatic N) is 1. The quantitative estimate of drug-likeness (QED) is 0.605. The van der Waals surface area contributed by atoms with Gasteiger partial charge in [-0.2, -0.15) is 0 Å². The molecule has 0 heterocycles. The van der Waals surface area contributed by atoms with Crippen molar-refractivity contribution in [1.29, 1.82) is 0 Å². The van der Waals surface area contributed by atoms with Gasteiger partial charge in [0.1, 0.15) is 5.75 Å². The molecular weight excluding hydrogens is 350 g/mol. The molecule has 2 aromatic carbocycles. The highest BCUT2D eigenvalue weighted by atomic mass is 35.5. The third-order valence-electron chi connectivity index (χ3n) is 3.05. The van der Waals surface area contributed by atoms with Crippen LogP contribution in [0, 0.1) is 10.1 Å². The summed E-state index contributed by atoms with van der Waals surface area (Å²) in [5, 5.41) is 11.3. The third-order valence-corrected chi connectivity index (χ3v) is 3.30. The minimum Gasteiger partial charge on any atom is -0.493 e. The number of nitrogens with one attached hydrogen (secondary N) is 2. The summed E-state index contributed by atoms with van der Waals surface area (Å²) in [6.45, 7) is 0.111. The average Bonchev–Trinajstić information content (AvgIpc) is 2.61. The van der Waals surface area contributed by atoms with E-state index in [1.54, 1.807) is 24.3 Å². The molecule has 0 spiro atoms. The molecule has 0 saturated carbocycles. The molecule has 8 nitrogen and oxygen atoms in total. The summed E-state index contributed by atoms with van der Waals surface area (Å²) < 4.78 is 5.36. The van der Waals surface area contributed by atoms with Gasteiger partial charge in [-0.25, -0.2) is 0 Å². The molecule has 0 aliphatic carbocycles. The third kappa shape index (κ3) is 5.78. The number of carbonyl (C=O) groups excluding carboxylic acids is 2. The van der Waals surface area contributed by atoms with Gasteiger partial charge in [0, 0.05) is 22.7 Å². The predicted octanol–water partition coefficient (Wildman–Crippen LogP) is 2.48. The molecule has 0 aliphatic heterocycles. The maximum Gasteiger partial charge on any atom is 0.270 e. The van der Waals surface area contributed by atoms with Crippen molar-refractivity contribution in [3.63, 3.8) is 0 Å². The second-order valence-corrected chi connectivity index (χ2v) is 5.30. The van der Waals surface area contributed by atoms with Crippen LogP contribution in [0.25, 0.3) is 0 Å². The number of benzene rings is 2.